The molecule has 1 fully saturated rings. The molecule has 2 nitrogen and oxygen atoms in total. The lowest BCUT2D eigenvalue weighted by Gasteiger charge is -2.29. The third kappa shape index (κ3) is 8.75. The first-order valence-corrected chi connectivity index (χ1v) is 16.1. The topological polar surface area (TPSA) is 18.5 Å². The van der Waals surface area contributed by atoms with Crippen molar-refractivity contribution in [3.05, 3.63) is 106 Å². The fourth-order valence-corrected chi connectivity index (χ4v) is 6.49. The maximum absolute atomic E-state index is 15.3. The van der Waals surface area contributed by atoms with Crippen LogP contribution in [-0.4, -0.2) is 6.36 Å². The molecule has 4 aromatic rings. The van der Waals surface area contributed by atoms with Gasteiger partial charge in [-0.25, -0.2) is 30.7 Å². The molecule has 0 radical (unpaired) electrons. The van der Waals surface area contributed by atoms with E-state index in [1.54, 1.807) is 6.07 Å². The van der Waals surface area contributed by atoms with Gasteiger partial charge in [-0.1, -0.05) is 44.7 Å². The van der Waals surface area contributed by atoms with Crippen LogP contribution in [0.2, 0.25) is 0 Å². The molecular weight excluding hydrogens is 704 g/mol. The minimum absolute atomic E-state index is 0.137. The Morgan fingerprint density at radius 3 is 1.71 bits per heavy atom. The van der Waals surface area contributed by atoms with E-state index in [1.165, 1.54) is 31.4 Å². The van der Waals surface area contributed by atoms with Crippen LogP contribution in [0.3, 0.4) is 0 Å². The van der Waals surface area contributed by atoms with Crippen molar-refractivity contribution in [1.29, 1.82) is 0 Å². The highest BCUT2D eigenvalue weighted by molar-refractivity contribution is 5.72. The molecule has 14 heteroatoms. The van der Waals surface area contributed by atoms with Crippen molar-refractivity contribution in [2.75, 3.05) is 0 Å². The van der Waals surface area contributed by atoms with Crippen molar-refractivity contribution in [3.63, 3.8) is 0 Å². The minimum atomic E-state index is -5.55. The quantitative estimate of drug-likeness (QED) is 0.113. The van der Waals surface area contributed by atoms with E-state index in [-0.39, 0.29) is 41.3 Å². The summed E-state index contributed by atoms with van der Waals surface area (Å²) >= 11 is 0. The summed E-state index contributed by atoms with van der Waals surface area (Å²) in [5, 5.41) is 0. The van der Waals surface area contributed by atoms with Gasteiger partial charge in [0.2, 0.25) is 5.75 Å². The first kappa shape index (κ1) is 37.9. The molecule has 274 valence electrons. The summed E-state index contributed by atoms with van der Waals surface area (Å²) in [5.41, 5.74) is -3.68. The van der Waals surface area contributed by atoms with Gasteiger partial charge in [0.05, 0.1) is 5.56 Å². The highest BCUT2D eigenvalue weighted by Gasteiger charge is 2.42. The van der Waals surface area contributed by atoms with E-state index in [0.29, 0.717) is 18.1 Å². The second-order valence-corrected chi connectivity index (χ2v) is 12.5. The average molecular weight is 735 g/mol. The molecule has 0 aromatic heterocycles. The van der Waals surface area contributed by atoms with Gasteiger partial charge < -0.3 is 9.47 Å². The maximum Gasteiger partial charge on any atom is 0.573 e. The van der Waals surface area contributed by atoms with E-state index in [4.69, 9.17) is 0 Å². The Balaban J connectivity index is 1.35. The number of hydrogen-bond acceptors (Lipinski definition) is 2. The summed E-state index contributed by atoms with van der Waals surface area (Å²) in [6, 6.07) is 5.82. The van der Waals surface area contributed by atoms with Crippen molar-refractivity contribution in [2.24, 2.45) is 5.92 Å². The Morgan fingerprint density at radius 1 is 0.608 bits per heavy atom. The SMILES string of the molecule is CCCCCC1CCC(c2ccc(-c3cc(F)c(-c4cc(F)c(C(F)(F)Oc5cc(F)c(OC(F)(F)F)c(F)c5)c(F)c4)c(F)c3)c(F)c2)CC1. The van der Waals surface area contributed by atoms with Crippen molar-refractivity contribution in [1.82, 2.24) is 0 Å². The average Bonchev–Trinajstić information content (AvgIpc) is 3.02. The predicted octanol–water partition coefficient (Wildman–Crippen LogP) is 12.9. The lowest BCUT2D eigenvalue weighted by Crippen LogP contribution is -2.25. The molecule has 0 spiro atoms. The Labute approximate surface area is 285 Å². The number of benzene rings is 4. The highest BCUT2D eigenvalue weighted by atomic mass is 19.4. The van der Waals surface area contributed by atoms with Crippen LogP contribution < -0.4 is 9.47 Å². The van der Waals surface area contributed by atoms with Crippen LogP contribution in [0.4, 0.5) is 52.7 Å². The zero-order valence-electron chi connectivity index (χ0n) is 26.9. The lowest BCUT2D eigenvalue weighted by atomic mass is 9.77. The fraction of sp³-hybridized carbons (Fsp3) is 0.351. The summed E-state index contributed by atoms with van der Waals surface area (Å²) < 4.78 is 178. The summed E-state index contributed by atoms with van der Waals surface area (Å²) in [5.74, 6) is -14.7. The van der Waals surface area contributed by atoms with Gasteiger partial charge in [0, 0.05) is 17.7 Å². The van der Waals surface area contributed by atoms with Gasteiger partial charge in [-0.2, -0.15) is 8.78 Å². The van der Waals surface area contributed by atoms with E-state index in [9.17, 15) is 39.5 Å². The molecule has 4 aromatic carbocycles. The molecule has 0 saturated heterocycles. The fourth-order valence-electron chi connectivity index (χ4n) is 6.49. The lowest BCUT2D eigenvalue weighted by molar-refractivity contribution is -0.276. The van der Waals surface area contributed by atoms with Gasteiger partial charge in [0.25, 0.3) is 0 Å². The molecular formula is C37H30F12O2. The molecule has 0 N–H and O–H groups in total. The standard InChI is InChI=1S/C37H30F12O2/c1-2-3-4-5-19-6-8-20(9-7-19)21-10-11-25(26(38)12-21)22-13-27(39)33(28(40)14-22)23-15-29(41)34(30(42)16-23)36(45,46)50-24-17-31(43)35(32(44)18-24)51-37(47,48)49/h10-20H,2-9H2,1H3. The van der Waals surface area contributed by atoms with E-state index in [2.05, 4.69) is 16.4 Å². The predicted molar refractivity (Wildman–Crippen MR) is 164 cm³/mol. The van der Waals surface area contributed by atoms with E-state index in [1.807, 2.05) is 0 Å². The molecule has 5 rings (SSSR count). The van der Waals surface area contributed by atoms with Crippen molar-refractivity contribution in [3.8, 4) is 33.8 Å². The van der Waals surface area contributed by atoms with Gasteiger partial charge in [-0.3, -0.25) is 0 Å². The monoisotopic (exact) mass is 734 g/mol. The van der Waals surface area contributed by atoms with Gasteiger partial charge in [-0.15, -0.1) is 13.2 Å². The minimum Gasteiger partial charge on any atom is -0.429 e. The van der Waals surface area contributed by atoms with E-state index < -0.39 is 81.4 Å². The number of ether oxygens (including phenoxy) is 2. The summed E-state index contributed by atoms with van der Waals surface area (Å²) in [7, 11) is 0. The number of alkyl halides is 5. The molecule has 1 saturated carbocycles. The van der Waals surface area contributed by atoms with Crippen LogP contribution in [0.15, 0.2) is 54.6 Å². The van der Waals surface area contributed by atoms with Gasteiger partial charge >= 0.3 is 12.5 Å². The number of rotatable bonds is 11. The smallest absolute Gasteiger partial charge is 0.429 e. The molecule has 0 unspecified atom stereocenters. The van der Waals surface area contributed by atoms with E-state index in [0.717, 1.165) is 37.7 Å². The van der Waals surface area contributed by atoms with Crippen LogP contribution in [-0.2, 0) is 6.11 Å². The third-order valence-corrected chi connectivity index (χ3v) is 8.94. The molecule has 1 aliphatic rings. The van der Waals surface area contributed by atoms with Gasteiger partial charge in [0.15, 0.2) is 11.6 Å². The zero-order chi connectivity index (χ0) is 37.2. The van der Waals surface area contributed by atoms with Gasteiger partial charge in [-0.05, 0) is 84.5 Å². The highest BCUT2D eigenvalue weighted by Crippen LogP contribution is 2.42. The summed E-state index contributed by atoms with van der Waals surface area (Å²) in [6.07, 6.45) is -2.07. The largest absolute Gasteiger partial charge is 0.573 e. The van der Waals surface area contributed by atoms with Crippen LogP contribution in [0.5, 0.6) is 11.5 Å². The maximum atomic E-state index is 15.3. The second kappa shape index (κ2) is 15.1. The zero-order valence-corrected chi connectivity index (χ0v) is 26.9. The van der Waals surface area contributed by atoms with Gasteiger partial charge in [0.1, 0.15) is 40.4 Å². The molecule has 1 aliphatic carbocycles. The normalized spacial score (nSPS) is 16.7. The van der Waals surface area contributed by atoms with Crippen molar-refractivity contribution >= 4 is 0 Å². The third-order valence-electron chi connectivity index (χ3n) is 8.94. The molecule has 0 heterocycles. The number of hydrogen-bond donors (Lipinski definition) is 0. The number of halogens is 12. The number of unbranched alkanes of at least 4 members (excludes halogenated alkanes) is 2. The molecule has 0 bridgehead atoms. The molecule has 0 aliphatic heterocycles. The van der Waals surface area contributed by atoms with Crippen LogP contribution in [0.1, 0.15) is 75.3 Å². The van der Waals surface area contributed by atoms with Crippen molar-refractivity contribution in [2.45, 2.75) is 76.7 Å². The van der Waals surface area contributed by atoms with Crippen LogP contribution in [0.25, 0.3) is 22.3 Å². The summed E-state index contributed by atoms with van der Waals surface area (Å²) in [6.45, 7) is 2.15. The first-order valence-electron chi connectivity index (χ1n) is 16.1. The molecule has 0 atom stereocenters. The van der Waals surface area contributed by atoms with Crippen LogP contribution >= 0.6 is 0 Å². The Hall–Kier alpha value is -4.36. The van der Waals surface area contributed by atoms with Crippen LogP contribution in [0, 0.1) is 46.6 Å². The Morgan fingerprint density at radius 2 is 1.18 bits per heavy atom. The second-order valence-electron chi connectivity index (χ2n) is 12.5. The Kier molecular flexibility index (Phi) is 11.2. The Bertz CT molecular complexity index is 1810. The molecule has 51 heavy (non-hydrogen) atoms. The summed E-state index contributed by atoms with van der Waals surface area (Å²) in [4.78, 5) is 0. The van der Waals surface area contributed by atoms with E-state index >= 15 is 13.2 Å². The van der Waals surface area contributed by atoms with Crippen molar-refractivity contribution < 1.29 is 62.2 Å². The molecule has 0 amide bonds. The first-order chi connectivity index (χ1) is 24.0.